The van der Waals surface area contributed by atoms with Gasteiger partial charge < -0.3 is 9.30 Å². The molecule has 0 saturated heterocycles. The summed E-state index contributed by atoms with van der Waals surface area (Å²) < 4.78 is 20.3. The van der Waals surface area contributed by atoms with Gasteiger partial charge in [-0.2, -0.15) is 0 Å². The Bertz CT molecular complexity index is 766. The molecule has 0 aliphatic rings. The average molecular weight is 311 g/mol. The van der Waals surface area contributed by atoms with E-state index in [1.165, 1.54) is 12.3 Å². The molecule has 0 spiro atoms. The first-order valence-corrected chi connectivity index (χ1v) is 7.43. The second-order valence-electron chi connectivity index (χ2n) is 5.39. The molecule has 3 aromatic rings. The van der Waals surface area contributed by atoms with Gasteiger partial charge in [0.1, 0.15) is 11.6 Å². The molecule has 0 aliphatic carbocycles. The third-order valence-corrected chi connectivity index (χ3v) is 3.74. The molecule has 1 unspecified atom stereocenters. The van der Waals surface area contributed by atoms with Crippen LogP contribution in [0.3, 0.4) is 0 Å². The Morgan fingerprint density at radius 2 is 1.83 bits per heavy atom. The molecule has 0 N–H and O–H groups in total. The van der Waals surface area contributed by atoms with Crippen LogP contribution in [0.2, 0.25) is 0 Å². The number of ether oxygens (including phenoxy) is 1. The summed E-state index contributed by atoms with van der Waals surface area (Å²) in [5.41, 5.74) is 2.70. The molecule has 0 saturated carbocycles. The van der Waals surface area contributed by atoms with Gasteiger partial charge in [0, 0.05) is 30.6 Å². The van der Waals surface area contributed by atoms with E-state index in [-0.39, 0.29) is 11.9 Å². The molecule has 1 aromatic carbocycles. The van der Waals surface area contributed by atoms with E-state index in [2.05, 4.69) is 14.5 Å². The zero-order chi connectivity index (χ0) is 16.2. The molecule has 5 heteroatoms. The number of imidazole rings is 1. The van der Waals surface area contributed by atoms with Crippen molar-refractivity contribution in [2.45, 2.75) is 19.6 Å². The number of benzene rings is 1. The molecule has 2 aromatic heterocycles. The van der Waals surface area contributed by atoms with Crippen LogP contribution in [-0.2, 0) is 11.3 Å². The SMILES string of the molecule is COC(C)Cn1ccnc1-c1ccc(-c2ccc(F)cn2)cc1. The first-order chi connectivity index (χ1) is 11.2. The number of pyridine rings is 1. The molecule has 23 heavy (non-hydrogen) atoms. The number of hydrogen-bond donors (Lipinski definition) is 0. The first-order valence-electron chi connectivity index (χ1n) is 7.43. The maximum atomic E-state index is 12.9. The van der Waals surface area contributed by atoms with E-state index in [0.29, 0.717) is 0 Å². The van der Waals surface area contributed by atoms with Gasteiger partial charge in [-0.15, -0.1) is 0 Å². The smallest absolute Gasteiger partial charge is 0.141 e. The van der Waals surface area contributed by atoms with Crippen molar-refractivity contribution >= 4 is 0 Å². The van der Waals surface area contributed by atoms with Crippen molar-refractivity contribution in [3.05, 3.63) is 60.8 Å². The predicted octanol–water partition coefficient (Wildman–Crippen LogP) is 3.79. The van der Waals surface area contributed by atoms with Gasteiger partial charge in [-0.1, -0.05) is 24.3 Å². The van der Waals surface area contributed by atoms with E-state index < -0.39 is 0 Å². The Morgan fingerprint density at radius 1 is 1.09 bits per heavy atom. The van der Waals surface area contributed by atoms with Crippen molar-refractivity contribution in [2.75, 3.05) is 7.11 Å². The Kier molecular flexibility index (Phi) is 4.48. The van der Waals surface area contributed by atoms with Gasteiger partial charge >= 0.3 is 0 Å². The van der Waals surface area contributed by atoms with Crippen LogP contribution >= 0.6 is 0 Å². The summed E-state index contributed by atoms with van der Waals surface area (Å²) in [6.07, 6.45) is 5.07. The summed E-state index contributed by atoms with van der Waals surface area (Å²) in [4.78, 5) is 8.53. The van der Waals surface area contributed by atoms with Gasteiger partial charge in [-0.05, 0) is 19.1 Å². The fourth-order valence-electron chi connectivity index (χ4n) is 2.41. The van der Waals surface area contributed by atoms with E-state index in [1.807, 2.05) is 37.4 Å². The first kappa shape index (κ1) is 15.4. The van der Waals surface area contributed by atoms with Crippen molar-refractivity contribution < 1.29 is 9.13 Å². The van der Waals surface area contributed by atoms with Crippen molar-refractivity contribution in [2.24, 2.45) is 0 Å². The number of halogens is 1. The summed E-state index contributed by atoms with van der Waals surface area (Å²) in [6.45, 7) is 2.76. The maximum absolute atomic E-state index is 12.9. The van der Waals surface area contributed by atoms with Gasteiger partial charge in [0.25, 0.3) is 0 Å². The van der Waals surface area contributed by atoms with Crippen LogP contribution in [0, 0.1) is 5.82 Å². The summed E-state index contributed by atoms with van der Waals surface area (Å²) in [5, 5.41) is 0. The second-order valence-corrected chi connectivity index (χ2v) is 5.39. The fourth-order valence-corrected chi connectivity index (χ4v) is 2.41. The van der Waals surface area contributed by atoms with Crippen molar-refractivity contribution in [1.82, 2.24) is 14.5 Å². The fraction of sp³-hybridized carbons (Fsp3) is 0.222. The normalized spacial score (nSPS) is 12.3. The van der Waals surface area contributed by atoms with E-state index in [9.17, 15) is 4.39 Å². The molecule has 0 aliphatic heterocycles. The second kappa shape index (κ2) is 6.71. The molecule has 0 fully saturated rings. The van der Waals surface area contributed by atoms with Gasteiger partial charge in [0.2, 0.25) is 0 Å². The minimum Gasteiger partial charge on any atom is -0.380 e. The standard InChI is InChI=1S/C18H18FN3O/c1-13(23-2)12-22-10-9-20-18(22)15-5-3-14(4-6-15)17-8-7-16(19)11-21-17/h3-11,13H,12H2,1-2H3. The molecular weight excluding hydrogens is 293 g/mol. The lowest BCUT2D eigenvalue weighted by molar-refractivity contribution is 0.103. The Balaban J connectivity index is 1.85. The maximum Gasteiger partial charge on any atom is 0.141 e. The topological polar surface area (TPSA) is 39.9 Å². The minimum absolute atomic E-state index is 0.116. The quantitative estimate of drug-likeness (QED) is 0.720. The minimum atomic E-state index is -0.334. The molecule has 4 nitrogen and oxygen atoms in total. The number of hydrogen-bond acceptors (Lipinski definition) is 3. The third kappa shape index (κ3) is 3.46. The van der Waals surface area contributed by atoms with Crippen LogP contribution in [0.5, 0.6) is 0 Å². The Labute approximate surface area is 134 Å². The van der Waals surface area contributed by atoms with E-state index in [4.69, 9.17) is 4.74 Å². The van der Waals surface area contributed by atoms with Crippen LogP contribution in [-0.4, -0.2) is 27.7 Å². The van der Waals surface area contributed by atoms with E-state index >= 15 is 0 Å². The van der Waals surface area contributed by atoms with Crippen molar-refractivity contribution in [1.29, 1.82) is 0 Å². The number of methoxy groups -OCH3 is 1. The van der Waals surface area contributed by atoms with Gasteiger partial charge in [-0.3, -0.25) is 4.98 Å². The van der Waals surface area contributed by atoms with Crippen LogP contribution in [0.25, 0.3) is 22.6 Å². The highest BCUT2D eigenvalue weighted by molar-refractivity contribution is 5.65. The van der Waals surface area contributed by atoms with E-state index in [1.54, 1.807) is 19.4 Å². The lowest BCUT2D eigenvalue weighted by atomic mass is 10.1. The molecule has 0 amide bonds. The Hall–Kier alpha value is -2.53. The zero-order valence-corrected chi connectivity index (χ0v) is 13.1. The summed E-state index contributed by atoms with van der Waals surface area (Å²) in [7, 11) is 1.70. The van der Waals surface area contributed by atoms with Crippen LogP contribution in [0.1, 0.15) is 6.92 Å². The van der Waals surface area contributed by atoms with Crippen molar-refractivity contribution in [3.8, 4) is 22.6 Å². The lowest BCUT2D eigenvalue weighted by Crippen LogP contribution is -2.14. The molecular formula is C18H18FN3O. The van der Waals surface area contributed by atoms with E-state index in [0.717, 1.165) is 29.2 Å². The summed E-state index contributed by atoms with van der Waals surface area (Å²) >= 11 is 0. The number of nitrogens with zero attached hydrogens (tertiary/aromatic N) is 3. The van der Waals surface area contributed by atoms with Crippen LogP contribution < -0.4 is 0 Å². The molecule has 0 radical (unpaired) electrons. The van der Waals surface area contributed by atoms with Crippen LogP contribution in [0.4, 0.5) is 4.39 Å². The highest BCUT2D eigenvalue weighted by Gasteiger charge is 2.09. The zero-order valence-electron chi connectivity index (χ0n) is 13.1. The largest absolute Gasteiger partial charge is 0.380 e. The monoisotopic (exact) mass is 311 g/mol. The molecule has 118 valence electrons. The van der Waals surface area contributed by atoms with Gasteiger partial charge in [0.05, 0.1) is 24.5 Å². The highest BCUT2D eigenvalue weighted by atomic mass is 19.1. The molecule has 0 bridgehead atoms. The number of aromatic nitrogens is 3. The summed E-state index contributed by atoms with van der Waals surface area (Å²) in [6, 6.07) is 11.0. The third-order valence-electron chi connectivity index (χ3n) is 3.74. The van der Waals surface area contributed by atoms with Crippen molar-refractivity contribution in [3.63, 3.8) is 0 Å². The highest BCUT2D eigenvalue weighted by Crippen LogP contribution is 2.23. The lowest BCUT2D eigenvalue weighted by Gasteiger charge is -2.13. The average Bonchev–Trinajstić information content (AvgIpc) is 3.03. The number of rotatable bonds is 5. The molecule has 1 atom stereocenters. The molecule has 2 heterocycles. The van der Waals surface area contributed by atoms with Gasteiger partial charge in [0.15, 0.2) is 0 Å². The summed E-state index contributed by atoms with van der Waals surface area (Å²) in [5.74, 6) is 0.562. The molecule has 3 rings (SSSR count). The Morgan fingerprint density at radius 3 is 2.48 bits per heavy atom. The predicted molar refractivity (Wildman–Crippen MR) is 87.3 cm³/mol. The van der Waals surface area contributed by atoms with Gasteiger partial charge in [-0.25, -0.2) is 9.37 Å². The van der Waals surface area contributed by atoms with Crippen LogP contribution in [0.15, 0.2) is 55.0 Å².